The number of fused-ring (bicyclic) bond motifs is 1. The molecule has 114 valence electrons. The molecule has 0 radical (unpaired) electrons. The molecule has 2 aromatic carbocycles. The van der Waals surface area contributed by atoms with Crippen LogP contribution in [-0.4, -0.2) is 16.7 Å². The number of rotatable bonds is 2. The van der Waals surface area contributed by atoms with Gasteiger partial charge in [-0.3, -0.25) is 4.79 Å². The Bertz CT molecular complexity index is 737. The number of nitrogens with one attached hydrogen (secondary N) is 1. The van der Waals surface area contributed by atoms with Crippen LogP contribution < -0.4 is 5.43 Å². The molecule has 0 aliphatic heterocycles. The number of hydrogen-bond donors (Lipinski definition) is 2. The van der Waals surface area contributed by atoms with Crippen LogP contribution in [0.2, 0.25) is 0 Å². The van der Waals surface area contributed by atoms with Gasteiger partial charge in [0.05, 0.1) is 5.56 Å². The number of aromatic hydroxyl groups is 1. The molecule has 22 heavy (non-hydrogen) atoms. The van der Waals surface area contributed by atoms with Gasteiger partial charge in [0, 0.05) is 11.1 Å². The van der Waals surface area contributed by atoms with Crippen LogP contribution in [0.4, 0.5) is 0 Å². The third-order valence-electron chi connectivity index (χ3n) is 4.34. The van der Waals surface area contributed by atoms with E-state index in [2.05, 4.69) is 17.5 Å². The van der Waals surface area contributed by atoms with Crippen LogP contribution in [0.1, 0.15) is 43.0 Å². The van der Waals surface area contributed by atoms with Crippen LogP contribution >= 0.6 is 0 Å². The van der Waals surface area contributed by atoms with Gasteiger partial charge < -0.3 is 5.11 Å². The Kier molecular flexibility index (Phi) is 4.09. The van der Waals surface area contributed by atoms with Gasteiger partial charge in [0.25, 0.3) is 5.91 Å². The molecule has 1 atom stereocenters. The summed E-state index contributed by atoms with van der Waals surface area (Å²) in [6, 6.07) is 10.9. The van der Waals surface area contributed by atoms with Gasteiger partial charge in [-0.1, -0.05) is 43.7 Å². The lowest BCUT2D eigenvalue weighted by Crippen LogP contribution is -2.24. The second-order valence-corrected chi connectivity index (χ2v) is 5.87. The molecule has 1 saturated carbocycles. The molecule has 0 spiro atoms. The van der Waals surface area contributed by atoms with Crippen molar-refractivity contribution >= 4 is 22.4 Å². The SMILES string of the molecule is CC1CCCCC1=NNC(=O)c1ccc2ccccc2c1O. The molecule has 4 nitrogen and oxygen atoms in total. The number of hydrogen-bond acceptors (Lipinski definition) is 3. The second-order valence-electron chi connectivity index (χ2n) is 5.87. The van der Waals surface area contributed by atoms with E-state index in [0.717, 1.165) is 30.4 Å². The van der Waals surface area contributed by atoms with E-state index in [1.54, 1.807) is 12.1 Å². The zero-order valence-electron chi connectivity index (χ0n) is 12.7. The normalized spacial score (nSPS) is 20.2. The summed E-state index contributed by atoms with van der Waals surface area (Å²) in [7, 11) is 0. The van der Waals surface area contributed by atoms with Crippen molar-refractivity contribution in [2.24, 2.45) is 11.0 Å². The Morgan fingerprint density at radius 2 is 2.05 bits per heavy atom. The van der Waals surface area contributed by atoms with E-state index in [0.29, 0.717) is 11.3 Å². The van der Waals surface area contributed by atoms with Crippen molar-refractivity contribution in [3.05, 3.63) is 42.0 Å². The lowest BCUT2D eigenvalue weighted by Gasteiger charge is -2.19. The molecule has 1 unspecified atom stereocenters. The zero-order chi connectivity index (χ0) is 15.5. The van der Waals surface area contributed by atoms with Crippen molar-refractivity contribution in [1.29, 1.82) is 0 Å². The van der Waals surface area contributed by atoms with E-state index in [9.17, 15) is 9.90 Å². The second kappa shape index (κ2) is 6.18. The largest absolute Gasteiger partial charge is 0.506 e. The van der Waals surface area contributed by atoms with Gasteiger partial charge in [0.2, 0.25) is 0 Å². The molecule has 2 N–H and O–H groups in total. The summed E-state index contributed by atoms with van der Waals surface area (Å²) in [4.78, 5) is 12.3. The molecular weight excluding hydrogens is 276 g/mol. The van der Waals surface area contributed by atoms with Crippen LogP contribution in [0.25, 0.3) is 10.8 Å². The first-order valence-corrected chi connectivity index (χ1v) is 7.74. The van der Waals surface area contributed by atoms with Crippen molar-refractivity contribution in [1.82, 2.24) is 5.43 Å². The number of amides is 1. The average molecular weight is 296 g/mol. The van der Waals surface area contributed by atoms with Crippen LogP contribution in [0.3, 0.4) is 0 Å². The van der Waals surface area contributed by atoms with Gasteiger partial charge in [-0.25, -0.2) is 5.43 Å². The number of benzene rings is 2. The number of nitrogens with zero attached hydrogens (tertiary/aromatic N) is 1. The maximum absolute atomic E-state index is 12.3. The third-order valence-corrected chi connectivity index (χ3v) is 4.34. The molecule has 0 heterocycles. The van der Waals surface area contributed by atoms with Gasteiger partial charge in [-0.2, -0.15) is 5.10 Å². The number of phenols is 1. The highest BCUT2D eigenvalue weighted by molar-refractivity contribution is 6.04. The number of phenolic OH excluding ortho intramolecular Hbond substituents is 1. The summed E-state index contributed by atoms with van der Waals surface area (Å²) in [6.07, 6.45) is 4.40. The first-order chi connectivity index (χ1) is 10.7. The van der Waals surface area contributed by atoms with E-state index in [4.69, 9.17) is 0 Å². The minimum atomic E-state index is -0.367. The summed E-state index contributed by atoms with van der Waals surface area (Å²) >= 11 is 0. The lowest BCUT2D eigenvalue weighted by molar-refractivity contribution is 0.0952. The van der Waals surface area contributed by atoms with Crippen LogP contribution in [-0.2, 0) is 0 Å². The topological polar surface area (TPSA) is 61.7 Å². The predicted molar refractivity (Wildman–Crippen MR) is 88.1 cm³/mol. The van der Waals surface area contributed by atoms with Crippen LogP contribution in [0, 0.1) is 5.92 Å². The zero-order valence-corrected chi connectivity index (χ0v) is 12.7. The first kappa shape index (κ1) is 14.6. The van der Waals surface area contributed by atoms with E-state index in [1.807, 2.05) is 24.3 Å². The highest BCUT2D eigenvalue weighted by Gasteiger charge is 2.17. The molecule has 0 bridgehead atoms. The Labute approximate surface area is 129 Å². The van der Waals surface area contributed by atoms with Gasteiger partial charge in [0.15, 0.2) is 0 Å². The summed E-state index contributed by atoms with van der Waals surface area (Å²) in [5.41, 5.74) is 3.89. The highest BCUT2D eigenvalue weighted by atomic mass is 16.3. The number of carbonyl (C=O) groups is 1. The van der Waals surface area contributed by atoms with Crippen LogP contribution in [0.15, 0.2) is 41.5 Å². The molecule has 1 aliphatic carbocycles. The predicted octanol–water partition coefficient (Wildman–Crippen LogP) is 3.84. The Balaban J connectivity index is 1.83. The van der Waals surface area contributed by atoms with E-state index < -0.39 is 0 Å². The molecule has 0 aromatic heterocycles. The fourth-order valence-corrected chi connectivity index (χ4v) is 2.96. The maximum Gasteiger partial charge on any atom is 0.275 e. The molecule has 1 fully saturated rings. The molecule has 1 amide bonds. The molecular formula is C18H20N2O2. The lowest BCUT2D eigenvalue weighted by atomic mass is 9.89. The summed E-state index contributed by atoms with van der Waals surface area (Å²) in [6.45, 7) is 2.14. The number of hydrazone groups is 1. The van der Waals surface area contributed by atoms with E-state index in [-0.39, 0.29) is 17.2 Å². The van der Waals surface area contributed by atoms with Gasteiger partial charge >= 0.3 is 0 Å². The van der Waals surface area contributed by atoms with Crippen molar-refractivity contribution in [2.75, 3.05) is 0 Å². The Morgan fingerprint density at radius 3 is 2.86 bits per heavy atom. The summed E-state index contributed by atoms with van der Waals surface area (Å²) < 4.78 is 0. The summed E-state index contributed by atoms with van der Waals surface area (Å²) in [5.74, 6) is 0.0558. The van der Waals surface area contributed by atoms with Gasteiger partial charge in [-0.05, 0) is 36.6 Å². The smallest absolute Gasteiger partial charge is 0.275 e. The molecule has 2 aromatic rings. The number of carbonyl (C=O) groups excluding carboxylic acids is 1. The average Bonchev–Trinajstić information content (AvgIpc) is 2.54. The van der Waals surface area contributed by atoms with Crippen molar-refractivity contribution in [3.63, 3.8) is 0 Å². The maximum atomic E-state index is 12.3. The van der Waals surface area contributed by atoms with E-state index in [1.165, 1.54) is 6.42 Å². The third kappa shape index (κ3) is 2.82. The summed E-state index contributed by atoms with van der Waals surface area (Å²) in [5, 5.41) is 16.1. The monoisotopic (exact) mass is 296 g/mol. The molecule has 1 aliphatic rings. The molecule has 0 saturated heterocycles. The van der Waals surface area contributed by atoms with Crippen LogP contribution in [0.5, 0.6) is 5.75 Å². The van der Waals surface area contributed by atoms with Crippen molar-refractivity contribution in [3.8, 4) is 5.75 Å². The standard InChI is InChI=1S/C18H20N2O2/c1-12-6-2-5-9-16(12)19-20-18(22)15-11-10-13-7-3-4-8-14(13)17(15)21/h3-4,7-8,10-12,21H,2,5-6,9H2,1H3,(H,20,22). The molecule has 3 rings (SSSR count). The fourth-order valence-electron chi connectivity index (χ4n) is 2.96. The van der Waals surface area contributed by atoms with Gasteiger partial charge in [0.1, 0.15) is 5.75 Å². The van der Waals surface area contributed by atoms with Crippen molar-refractivity contribution < 1.29 is 9.90 Å². The van der Waals surface area contributed by atoms with Crippen molar-refractivity contribution in [2.45, 2.75) is 32.6 Å². The van der Waals surface area contributed by atoms with E-state index >= 15 is 0 Å². The molecule has 4 heteroatoms. The minimum Gasteiger partial charge on any atom is -0.506 e. The van der Waals surface area contributed by atoms with Gasteiger partial charge in [-0.15, -0.1) is 0 Å². The highest BCUT2D eigenvalue weighted by Crippen LogP contribution is 2.28. The fraction of sp³-hybridized carbons (Fsp3) is 0.333. The Hall–Kier alpha value is -2.36. The first-order valence-electron chi connectivity index (χ1n) is 7.74. The minimum absolute atomic E-state index is 0.00694. The Morgan fingerprint density at radius 1 is 1.23 bits per heavy atom. The quantitative estimate of drug-likeness (QED) is 0.827.